The molecule has 0 aliphatic rings. The minimum Gasteiger partial charge on any atom is -0.480 e. The first-order valence-electron chi connectivity index (χ1n) is 5.94. The lowest BCUT2D eigenvalue weighted by atomic mass is 10.2. The standard InChI is InChI=1S/C13H14N4O3/c14-10(13(19)20)5-12(18)17-16-7-8-6-15-11-4-2-1-3-9(8)11/h1-4,6-7,10,15H,5,14H2,(H,17,18)(H,19,20)/b16-7-. The van der Waals surface area contributed by atoms with Gasteiger partial charge in [0.05, 0.1) is 12.6 Å². The molecule has 0 bridgehead atoms. The molecule has 0 saturated carbocycles. The van der Waals surface area contributed by atoms with Crippen LogP contribution in [0.15, 0.2) is 35.6 Å². The molecule has 1 heterocycles. The molecule has 0 saturated heterocycles. The topological polar surface area (TPSA) is 121 Å². The Morgan fingerprint density at radius 3 is 2.95 bits per heavy atom. The van der Waals surface area contributed by atoms with Gasteiger partial charge >= 0.3 is 5.97 Å². The Balaban J connectivity index is 1.97. The number of fused-ring (bicyclic) bond motifs is 1. The fourth-order valence-electron chi connectivity index (χ4n) is 1.71. The minimum atomic E-state index is -1.22. The van der Waals surface area contributed by atoms with Gasteiger partial charge in [-0.3, -0.25) is 9.59 Å². The van der Waals surface area contributed by atoms with Crippen LogP contribution in [-0.2, 0) is 9.59 Å². The monoisotopic (exact) mass is 274 g/mol. The zero-order valence-corrected chi connectivity index (χ0v) is 10.5. The molecule has 7 heteroatoms. The number of hydrazone groups is 1. The van der Waals surface area contributed by atoms with E-state index in [1.54, 1.807) is 6.20 Å². The number of amides is 1. The molecular weight excluding hydrogens is 260 g/mol. The zero-order chi connectivity index (χ0) is 14.5. The molecule has 0 aliphatic carbocycles. The van der Waals surface area contributed by atoms with Crippen LogP contribution in [0.1, 0.15) is 12.0 Å². The summed E-state index contributed by atoms with van der Waals surface area (Å²) in [5.41, 5.74) is 9.27. The van der Waals surface area contributed by atoms with Crippen molar-refractivity contribution in [1.82, 2.24) is 10.4 Å². The summed E-state index contributed by atoms with van der Waals surface area (Å²) in [6.45, 7) is 0. The van der Waals surface area contributed by atoms with E-state index in [0.29, 0.717) is 0 Å². The Labute approximate surface area is 114 Å². The van der Waals surface area contributed by atoms with Gasteiger partial charge in [0, 0.05) is 22.7 Å². The zero-order valence-electron chi connectivity index (χ0n) is 10.5. The number of benzene rings is 1. The summed E-state index contributed by atoms with van der Waals surface area (Å²) in [6, 6.07) is 6.44. The van der Waals surface area contributed by atoms with Gasteiger partial charge in [0.25, 0.3) is 0 Å². The fraction of sp³-hybridized carbons (Fsp3) is 0.154. The maximum Gasteiger partial charge on any atom is 0.321 e. The summed E-state index contributed by atoms with van der Waals surface area (Å²) in [6.07, 6.45) is 2.94. The average Bonchev–Trinajstić information content (AvgIpc) is 2.82. The molecule has 7 nitrogen and oxygen atoms in total. The average molecular weight is 274 g/mol. The van der Waals surface area contributed by atoms with E-state index in [0.717, 1.165) is 16.5 Å². The van der Waals surface area contributed by atoms with Crippen LogP contribution in [-0.4, -0.2) is 34.2 Å². The van der Waals surface area contributed by atoms with Gasteiger partial charge < -0.3 is 15.8 Å². The number of nitrogens with zero attached hydrogens (tertiary/aromatic N) is 1. The van der Waals surface area contributed by atoms with Crippen molar-refractivity contribution in [2.75, 3.05) is 0 Å². The van der Waals surface area contributed by atoms with Crippen LogP contribution in [0.3, 0.4) is 0 Å². The molecule has 2 aromatic rings. The summed E-state index contributed by atoms with van der Waals surface area (Å²) >= 11 is 0. The second-order valence-electron chi connectivity index (χ2n) is 4.23. The highest BCUT2D eigenvalue weighted by molar-refractivity contribution is 5.99. The highest BCUT2D eigenvalue weighted by Crippen LogP contribution is 2.15. The van der Waals surface area contributed by atoms with Gasteiger partial charge in [-0.1, -0.05) is 18.2 Å². The molecule has 1 unspecified atom stereocenters. The maximum atomic E-state index is 11.4. The molecule has 104 valence electrons. The van der Waals surface area contributed by atoms with Gasteiger partial charge in [-0.05, 0) is 6.07 Å². The van der Waals surface area contributed by atoms with Crippen LogP contribution in [0, 0.1) is 0 Å². The van der Waals surface area contributed by atoms with Crippen molar-refractivity contribution >= 4 is 29.0 Å². The first kappa shape index (κ1) is 13.8. The molecule has 1 amide bonds. The molecule has 1 atom stereocenters. The highest BCUT2D eigenvalue weighted by Gasteiger charge is 2.15. The van der Waals surface area contributed by atoms with E-state index >= 15 is 0 Å². The molecule has 20 heavy (non-hydrogen) atoms. The number of aliphatic carboxylic acids is 1. The molecular formula is C13H14N4O3. The molecule has 0 aliphatic heterocycles. The third-order valence-electron chi connectivity index (χ3n) is 2.74. The summed E-state index contributed by atoms with van der Waals surface area (Å²) in [5, 5.41) is 13.3. The normalized spacial score (nSPS) is 12.7. The quantitative estimate of drug-likeness (QED) is 0.466. The second kappa shape index (κ2) is 5.98. The number of nitrogens with one attached hydrogen (secondary N) is 2. The van der Waals surface area contributed by atoms with Gasteiger partial charge in [0.2, 0.25) is 5.91 Å². The van der Waals surface area contributed by atoms with Crippen molar-refractivity contribution in [2.45, 2.75) is 12.5 Å². The number of aromatic amines is 1. The summed E-state index contributed by atoms with van der Waals surface area (Å²) in [5.74, 6) is -1.77. The molecule has 1 aromatic carbocycles. The predicted molar refractivity (Wildman–Crippen MR) is 74.3 cm³/mol. The Kier molecular flexibility index (Phi) is 4.11. The van der Waals surface area contributed by atoms with Crippen LogP contribution in [0.25, 0.3) is 10.9 Å². The first-order valence-corrected chi connectivity index (χ1v) is 5.94. The number of rotatable bonds is 5. The lowest BCUT2D eigenvalue weighted by Crippen LogP contribution is -2.35. The van der Waals surface area contributed by atoms with Crippen LogP contribution in [0.5, 0.6) is 0 Å². The van der Waals surface area contributed by atoms with E-state index in [1.165, 1.54) is 6.21 Å². The first-order chi connectivity index (χ1) is 9.58. The molecule has 2 rings (SSSR count). The maximum absolute atomic E-state index is 11.4. The number of nitrogens with two attached hydrogens (primary N) is 1. The minimum absolute atomic E-state index is 0.319. The van der Waals surface area contributed by atoms with Crippen LogP contribution in [0.4, 0.5) is 0 Å². The van der Waals surface area contributed by atoms with Gasteiger partial charge in [0.15, 0.2) is 0 Å². The van der Waals surface area contributed by atoms with E-state index < -0.39 is 17.9 Å². The van der Waals surface area contributed by atoms with Gasteiger partial charge in [-0.2, -0.15) is 5.10 Å². The van der Waals surface area contributed by atoms with Crippen LogP contribution < -0.4 is 11.2 Å². The van der Waals surface area contributed by atoms with E-state index in [4.69, 9.17) is 10.8 Å². The number of aromatic nitrogens is 1. The number of carboxylic acids is 1. The van der Waals surface area contributed by atoms with Crippen molar-refractivity contribution < 1.29 is 14.7 Å². The molecule has 0 spiro atoms. The Bertz CT molecular complexity index is 662. The number of para-hydroxylation sites is 1. The van der Waals surface area contributed by atoms with E-state index in [2.05, 4.69) is 15.5 Å². The lowest BCUT2D eigenvalue weighted by Gasteiger charge is -2.03. The third kappa shape index (κ3) is 3.21. The van der Waals surface area contributed by atoms with Crippen molar-refractivity contribution in [1.29, 1.82) is 0 Å². The van der Waals surface area contributed by atoms with E-state index in [-0.39, 0.29) is 6.42 Å². The molecule has 5 N–H and O–H groups in total. The highest BCUT2D eigenvalue weighted by atomic mass is 16.4. The van der Waals surface area contributed by atoms with Crippen LogP contribution >= 0.6 is 0 Å². The Morgan fingerprint density at radius 2 is 2.20 bits per heavy atom. The number of hydrogen-bond acceptors (Lipinski definition) is 4. The number of carboxylic acid groups (broad SMARTS) is 1. The van der Waals surface area contributed by atoms with Gasteiger partial charge in [-0.15, -0.1) is 0 Å². The Morgan fingerprint density at radius 1 is 1.45 bits per heavy atom. The van der Waals surface area contributed by atoms with Gasteiger partial charge in [0.1, 0.15) is 6.04 Å². The van der Waals surface area contributed by atoms with E-state index in [9.17, 15) is 9.59 Å². The number of H-pyrrole nitrogens is 1. The molecule has 0 radical (unpaired) electrons. The number of carbonyl (C=O) groups excluding carboxylic acids is 1. The van der Waals surface area contributed by atoms with Crippen molar-refractivity contribution in [3.63, 3.8) is 0 Å². The largest absolute Gasteiger partial charge is 0.480 e. The predicted octanol–water partition coefficient (Wildman–Crippen LogP) is 0.420. The molecule has 0 fully saturated rings. The number of hydrogen-bond donors (Lipinski definition) is 4. The lowest BCUT2D eigenvalue weighted by molar-refractivity contribution is -0.140. The third-order valence-corrected chi connectivity index (χ3v) is 2.74. The Hall–Kier alpha value is -2.67. The summed E-state index contributed by atoms with van der Waals surface area (Å²) in [4.78, 5) is 24.9. The van der Waals surface area contributed by atoms with Crippen molar-refractivity contribution in [2.24, 2.45) is 10.8 Å². The van der Waals surface area contributed by atoms with E-state index in [1.807, 2.05) is 24.3 Å². The molecule has 1 aromatic heterocycles. The second-order valence-corrected chi connectivity index (χ2v) is 4.23. The smallest absolute Gasteiger partial charge is 0.321 e. The fourth-order valence-corrected chi connectivity index (χ4v) is 1.71. The summed E-state index contributed by atoms with van der Waals surface area (Å²) < 4.78 is 0. The van der Waals surface area contributed by atoms with Gasteiger partial charge in [-0.25, -0.2) is 5.43 Å². The van der Waals surface area contributed by atoms with Crippen molar-refractivity contribution in [3.05, 3.63) is 36.0 Å². The van der Waals surface area contributed by atoms with Crippen LogP contribution in [0.2, 0.25) is 0 Å². The number of carbonyl (C=O) groups is 2. The summed E-state index contributed by atoms with van der Waals surface area (Å²) in [7, 11) is 0. The SMILES string of the molecule is NC(CC(=O)N/N=C\c1c[nH]c2ccccc12)C(=O)O. The van der Waals surface area contributed by atoms with Crippen molar-refractivity contribution in [3.8, 4) is 0 Å².